The van der Waals surface area contributed by atoms with Gasteiger partial charge >= 0.3 is 0 Å². The van der Waals surface area contributed by atoms with Crippen molar-refractivity contribution in [1.82, 2.24) is 0 Å². The molecule has 1 aliphatic rings. The molecule has 0 fully saturated rings. The summed E-state index contributed by atoms with van der Waals surface area (Å²) in [4.78, 5) is 0. The summed E-state index contributed by atoms with van der Waals surface area (Å²) in [6.45, 7) is 9.12. The van der Waals surface area contributed by atoms with Crippen LogP contribution in [0.3, 0.4) is 0 Å². The minimum atomic E-state index is -0.488. The molecule has 0 aromatic rings. The maximum atomic E-state index is 5.79. The molecule has 13 heavy (non-hydrogen) atoms. The van der Waals surface area contributed by atoms with Crippen molar-refractivity contribution in [2.24, 2.45) is 5.92 Å². The van der Waals surface area contributed by atoms with E-state index in [9.17, 15) is 0 Å². The van der Waals surface area contributed by atoms with Crippen LogP contribution in [0.1, 0.15) is 27.7 Å². The fraction of sp³-hybridized carbons (Fsp3) is 0.600. The molecule has 0 atom stereocenters. The summed E-state index contributed by atoms with van der Waals surface area (Å²) in [7, 11) is 0.434. The highest BCUT2D eigenvalue weighted by Gasteiger charge is 2.24. The molecule has 0 saturated carbocycles. The standard InChI is InChI=1S/C10H18BOSi/c1-8(2)10(3,4)13-12-9-5-6-11-7-9/h5-6,8,11H,13H2,1-4H3. The average Bonchev–Trinajstić information content (AvgIpc) is 2.52. The largest absolute Gasteiger partial charge is 0.549 e. The van der Waals surface area contributed by atoms with Gasteiger partial charge in [-0.05, 0) is 23.0 Å². The highest BCUT2D eigenvalue weighted by Crippen LogP contribution is 2.33. The third kappa shape index (κ3) is 3.07. The Hall–Kier alpha value is -0.438. The molecule has 0 saturated heterocycles. The molecule has 1 heterocycles. The molecule has 0 spiro atoms. The Morgan fingerprint density at radius 1 is 1.54 bits per heavy atom. The third-order valence-electron chi connectivity index (χ3n) is 2.83. The molecular weight excluding hydrogens is 175 g/mol. The first-order chi connectivity index (χ1) is 6.02. The molecule has 0 bridgehead atoms. The van der Waals surface area contributed by atoms with E-state index in [2.05, 4.69) is 39.6 Å². The van der Waals surface area contributed by atoms with Crippen LogP contribution in [0.5, 0.6) is 0 Å². The van der Waals surface area contributed by atoms with E-state index >= 15 is 0 Å². The Labute approximate surface area is 84.4 Å². The maximum absolute atomic E-state index is 5.79. The number of hydrogen-bond donors (Lipinski definition) is 0. The van der Waals surface area contributed by atoms with Crippen LogP contribution >= 0.6 is 0 Å². The van der Waals surface area contributed by atoms with Gasteiger partial charge in [-0.25, -0.2) is 0 Å². The van der Waals surface area contributed by atoms with E-state index in [1.165, 1.54) is 0 Å². The van der Waals surface area contributed by atoms with Gasteiger partial charge in [-0.3, -0.25) is 0 Å². The SMILES string of the molecule is CC(C)C(C)(C)[SiH2]OC1=[C]BC=C1. The van der Waals surface area contributed by atoms with E-state index in [1.54, 1.807) is 0 Å². The predicted octanol–water partition coefficient (Wildman–Crippen LogP) is 1.55. The van der Waals surface area contributed by atoms with Crippen LogP contribution < -0.4 is 0 Å². The van der Waals surface area contributed by atoms with Gasteiger partial charge < -0.3 is 4.43 Å². The number of hydrogen-bond acceptors (Lipinski definition) is 1. The maximum Gasteiger partial charge on any atom is 0.225 e. The number of allylic oxidation sites excluding steroid dienone is 1. The molecule has 1 nitrogen and oxygen atoms in total. The van der Waals surface area contributed by atoms with E-state index in [4.69, 9.17) is 4.43 Å². The lowest BCUT2D eigenvalue weighted by Crippen LogP contribution is -2.21. The van der Waals surface area contributed by atoms with Gasteiger partial charge in [0.15, 0.2) is 7.28 Å². The van der Waals surface area contributed by atoms with Crippen LogP contribution in [0.4, 0.5) is 0 Å². The molecule has 0 N–H and O–H groups in total. The second kappa shape index (κ2) is 4.18. The first-order valence-corrected chi connectivity index (χ1v) is 6.21. The van der Waals surface area contributed by atoms with Gasteiger partial charge in [0.25, 0.3) is 0 Å². The van der Waals surface area contributed by atoms with Gasteiger partial charge in [-0.1, -0.05) is 27.7 Å². The molecule has 1 radical (unpaired) electrons. The van der Waals surface area contributed by atoms with Gasteiger partial charge in [0.1, 0.15) is 0 Å². The Kier molecular flexibility index (Phi) is 3.42. The second-order valence-electron chi connectivity index (χ2n) is 4.58. The van der Waals surface area contributed by atoms with Gasteiger partial charge in [0, 0.05) is 0 Å². The minimum Gasteiger partial charge on any atom is -0.549 e. The summed E-state index contributed by atoms with van der Waals surface area (Å²) in [6.07, 6.45) is 2.03. The van der Waals surface area contributed by atoms with E-state index in [-0.39, 0.29) is 0 Å². The van der Waals surface area contributed by atoms with Crippen molar-refractivity contribution in [2.75, 3.05) is 0 Å². The molecule has 3 heteroatoms. The third-order valence-corrected chi connectivity index (χ3v) is 4.84. The van der Waals surface area contributed by atoms with Crippen LogP contribution in [-0.2, 0) is 4.43 Å². The van der Waals surface area contributed by atoms with Gasteiger partial charge in [-0.15, -0.1) is 5.98 Å². The summed E-state index contributed by atoms with van der Waals surface area (Å²) in [5, 5.41) is 0.380. The van der Waals surface area contributed by atoms with Gasteiger partial charge in [0.05, 0.1) is 5.76 Å². The lowest BCUT2D eigenvalue weighted by atomic mass is 9.82. The van der Waals surface area contributed by atoms with Crippen LogP contribution in [0.15, 0.2) is 17.8 Å². The molecule has 0 aromatic heterocycles. The van der Waals surface area contributed by atoms with Crippen molar-refractivity contribution in [3.8, 4) is 0 Å². The first kappa shape index (κ1) is 10.6. The number of rotatable bonds is 4. The fourth-order valence-corrected chi connectivity index (χ4v) is 1.97. The minimum absolute atomic E-state index is 0.380. The van der Waals surface area contributed by atoms with Crippen LogP contribution in [-0.4, -0.2) is 17.0 Å². The van der Waals surface area contributed by atoms with Gasteiger partial charge in [0.2, 0.25) is 9.76 Å². The second-order valence-corrected chi connectivity index (χ2v) is 6.98. The Morgan fingerprint density at radius 3 is 2.69 bits per heavy atom. The highest BCUT2D eigenvalue weighted by molar-refractivity contribution is 6.47. The zero-order valence-corrected chi connectivity index (χ0v) is 10.5. The van der Waals surface area contributed by atoms with Crippen molar-refractivity contribution in [1.29, 1.82) is 0 Å². The van der Waals surface area contributed by atoms with Crippen molar-refractivity contribution in [2.45, 2.75) is 32.7 Å². The van der Waals surface area contributed by atoms with Crippen LogP contribution in [0.2, 0.25) is 5.04 Å². The molecule has 71 valence electrons. The van der Waals surface area contributed by atoms with Crippen LogP contribution in [0.25, 0.3) is 0 Å². The quantitative estimate of drug-likeness (QED) is 0.615. The fourth-order valence-electron chi connectivity index (χ4n) is 0.914. The molecular formula is C10H18BOSi. The summed E-state index contributed by atoms with van der Waals surface area (Å²) >= 11 is 0. The van der Waals surface area contributed by atoms with Gasteiger partial charge in [-0.2, -0.15) is 0 Å². The molecule has 0 unspecified atom stereocenters. The summed E-state index contributed by atoms with van der Waals surface area (Å²) in [5.41, 5.74) is 0. The average molecular weight is 193 g/mol. The molecule has 0 aromatic carbocycles. The van der Waals surface area contributed by atoms with Crippen molar-refractivity contribution < 1.29 is 4.43 Å². The zero-order chi connectivity index (χ0) is 9.90. The Morgan fingerprint density at radius 2 is 2.23 bits per heavy atom. The van der Waals surface area contributed by atoms with Crippen molar-refractivity contribution in [3.05, 3.63) is 23.8 Å². The van der Waals surface area contributed by atoms with E-state index in [0.717, 1.165) is 13.0 Å². The summed E-state index contributed by atoms with van der Waals surface area (Å²) in [5.74, 6) is 6.95. The van der Waals surface area contributed by atoms with Crippen molar-refractivity contribution in [3.63, 3.8) is 0 Å². The first-order valence-electron chi connectivity index (χ1n) is 4.92. The topological polar surface area (TPSA) is 9.23 Å². The van der Waals surface area contributed by atoms with E-state index < -0.39 is 9.76 Å². The summed E-state index contributed by atoms with van der Waals surface area (Å²) < 4.78 is 5.79. The Bertz CT molecular complexity index is 231. The normalized spacial score (nSPS) is 16.8. The van der Waals surface area contributed by atoms with E-state index in [1.807, 2.05) is 6.08 Å². The monoisotopic (exact) mass is 193 g/mol. The Balaban J connectivity index is 2.37. The molecule has 0 aliphatic carbocycles. The highest BCUT2D eigenvalue weighted by atomic mass is 28.2. The lowest BCUT2D eigenvalue weighted by molar-refractivity contribution is 0.387. The summed E-state index contributed by atoms with van der Waals surface area (Å²) in [6, 6.07) is 0. The molecule has 1 rings (SSSR count). The zero-order valence-electron chi connectivity index (χ0n) is 9.05. The lowest BCUT2D eigenvalue weighted by Gasteiger charge is -2.28. The smallest absolute Gasteiger partial charge is 0.225 e. The van der Waals surface area contributed by atoms with Crippen LogP contribution in [0, 0.1) is 11.9 Å². The molecule has 1 aliphatic heterocycles. The predicted molar refractivity (Wildman–Crippen MR) is 61.6 cm³/mol. The van der Waals surface area contributed by atoms with E-state index in [0.29, 0.717) is 11.0 Å². The van der Waals surface area contributed by atoms with Crippen molar-refractivity contribution >= 4 is 17.0 Å². The molecule has 0 amide bonds.